The zero-order valence-corrected chi connectivity index (χ0v) is 16.1. The summed E-state index contributed by atoms with van der Waals surface area (Å²) >= 11 is 0. The molecule has 3 atom stereocenters. The van der Waals surface area contributed by atoms with Gasteiger partial charge in [0.05, 0.1) is 6.10 Å². The lowest BCUT2D eigenvalue weighted by atomic mass is 9.88. The SMILES string of the molecule is Cc1cc(O)cc(C)c1C=CC1C(O)CC(=O)C1CCCCCCC(=O)O. The Morgan fingerprint density at radius 3 is 2.41 bits per heavy atom. The van der Waals surface area contributed by atoms with E-state index in [1.165, 1.54) is 0 Å². The summed E-state index contributed by atoms with van der Waals surface area (Å²) in [5, 5.41) is 28.6. The molecule has 0 spiro atoms. The number of hydrogen-bond donors (Lipinski definition) is 3. The lowest BCUT2D eigenvalue weighted by molar-refractivity contribution is -0.137. The minimum Gasteiger partial charge on any atom is -0.508 e. The first-order chi connectivity index (χ1) is 12.8. The number of unbranched alkanes of at least 4 members (excludes halogenated alkanes) is 3. The van der Waals surface area contributed by atoms with Gasteiger partial charge in [-0.3, -0.25) is 9.59 Å². The van der Waals surface area contributed by atoms with Crippen LogP contribution in [-0.2, 0) is 9.59 Å². The zero-order valence-electron chi connectivity index (χ0n) is 16.1. The van der Waals surface area contributed by atoms with Gasteiger partial charge in [-0.25, -0.2) is 0 Å². The molecule has 0 saturated heterocycles. The van der Waals surface area contributed by atoms with Crippen LogP contribution in [0, 0.1) is 25.7 Å². The molecule has 0 bridgehead atoms. The molecule has 1 aromatic carbocycles. The van der Waals surface area contributed by atoms with Gasteiger partial charge in [-0.2, -0.15) is 0 Å². The molecule has 0 amide bonds. The number of aliphatic hydroxyl groups excluding tert-OH is 1. The van der Waals surface area contributed by atoms with Gasteiger partial charge in [-0.1, -0.05) is 31.4 Å². The molecule has 0 radical (unpaired) electrons. The third-order valence-electron chi connectivity index (χ3n) is 5.45. The van der Waals surface area contributed by atoms with Crippen LogP contribution in [0.5, 0.6) is 5.75 Å². The number of Topliss-reactive ketones (excluding diaryl/α,β-unsaturated/α-hetero) is 1. The van der Waals surface area contributed by atoms with Crippen molar-refractivity contribution >= 4 is 17.8 Å². The van der Waals surface area contributed by atoms with Gasteiger partial charge < -0.3 is 15.3 Å². The Bertz CT molecular complexity index is 684. The maximum Gasteiger partial charge on any atom is 0.303 e. The number of carboxylic acid groups (broad SMARTS) is 1. The van der Waals surface area contributed by atoms with Gasteiger partial charge in [0.1, 0.15) is 11.5 Å². The minimum atomic E-state index is -0.769. The Morgan fingerprint density at radius 2 is 1.78 bits per heavy atom. The molecule has 5 heteroatoms. The molecule has 1 saturated carbocycles. The highest BCUT2D eigenvalue weighted by Crippen LogP contribution is 2.35. The van der Waals surface area contributed by atoms with Crippen molar-refractivity contribution in [3.8, 4) is 5.75 Å². The van der Waals surface area contributed by atoms with Gasteiger partial charge in [-0.05, 0) is 55.5 Å². The fraction of sp³-hybridized carbons (Fsp3) is 0.545. The molecule has 1 aliphatic carbocycles. The Hall–Kier alpha value is -2.14. The molecule has 3 N–H and O–H groups in total. The molecule has 1 aliphatic rings. The van der Waals surface area contributed by atoms with Crippen LogP contribution < -0.4 is 0 Å². The number of carboxylic acids is 1. The molecule has 0 aromatic heterocycles. The quantitative estimate of drug-likeness (QED) is 0.568. The van der Waals surface area contributed by atoms with Crippen molar-refractivity contribution < 1.29 is 24.9 Å². The van der Waals surface area contributed by atoms with Crippen molar-refractivity contribution in [3.05, 3.63) is 34.9 Å². The lowest BCUT2D eigenvalue weighted by Crippen LogP contribution is -2.18. The molecule has 1 aromatic rings. The normalized spacial score (nSPS) is 22.6. The summed E-state index contributed by atoms with van der Waals surface area (Å²) in [5.74, 6) is -0.785. The first kappa shape index (κ1) is 21.2. The van der Waals surface area contributed by atoms with Crippen molar-refractivity contribution in [1.82, 2.24) is 0 Å². The third kappa shape index (κ3) is 5.93. The second-order valence-electron chi connectivity index (χ2n) is 7.62. The summed E-state index contributed by atoms with van der Waals surface area (Å²) in [6.45, 7) is 3.86. The number of phenolic OH excluding ortho intramolecular Hbond substituents is 1. The number of phenols is 1. The smallest absolute Gasteiger partial charge is 0.303 e. The van der Waals surface area contributed by atoms with E-state index in [-0.39, 0.29) is 36.2 Å². The average molecular weight is 374 g/mol. The van der Waals surface area contributed by atoms with Crippen LogP contribution in [0.2, 0.25) is 0 Å². The van der Waals surface area contributed by atoms with Crippen LogP contribution in [0.25, 0.3) is 6.08 Å². The molecular weight excluding hydrogens is 344 g/mol. The second-order valence-corrected chi connectivity index (χ2v) is 7.62. The van der Waals surface area contributed by atoms with E-state index in [4.69, 9.17) is 5.11 Å². The van der Waals surface area contributed by atoms with Crippen LogP contribution >= 0.6 is 0 Å². The minimum absolute atomic E-state index is 0.113. The highest BCUT2D eigenvalue weighted by Gasteiger charge is 2.39. The largest absolute Gasteiger partial charge is 0.508 e. The van der Waals surface area contributed by atoms with E-state index in [1.807, 2.05) is 26.0 Å². The third-order valence-corrected chi connectivity index (χ3v) is 5.45. The van der Waals surface area contributed by atoms with Gasteiger partial charge in [0, 0.05) is 24.7 Å². The predicted molar refractivity (Wildman–Crippen MR) is 105 cm³/mol. The van der Waals surface area contributed by atoms with Crippen molar-refractivity contribution in [2.75, 3.05) is 0 Å². The summed E-state index contributed by atoms with van der Waals surface area (Å²) in [6, 6.07) is 3.41. The number of ketones is 1. The second kappa shape index (κ2) is 9.70. The Morgan fingerprint density at radius 1 is 1.15 bits per heavy atom. The van der Waals surface area contributed by atoms with E-state index in [1.54, 1.807) is 12.1 Å². The number of rotatable bonds is 9. The highest BCUT2D eigenvalue weighted by atomic mass is 16.4. The number of aliphatic hydroxyl groups is 1. The number of benzene rings is 1. The zero-order chi connectivity index (χ0) is 20.0. The Labute approximate surface area is 160 Å². The molecule has 1 fully saturated rings. The van der Waals surface area contributed by atoms with E-state index in [9.17, 15) is 19.8 Å². The first-order valence-electron chi connectivity index (χ1n) is 9.70. The summed E-state index contributed by atoms with van der Waals surface area (Å²) < 4.78 is 0. The number of aromatic hydroxyl groups is 1. The average Bonchev–Trinajstić information content (AvgIpc) is 2.83. The van der Waals surface area contributed by atoms with Crippen molar-refractivity contribution in [2.24, 2.45) is 11.8 Å². The number of hydrogen-bond acceptors (Lipinski definition) is 4. The molecule has 148 valence electrons. The summed E-state index contributed by atoms with van der Waals surface area (Å²) in [6.07, 6.45) is 7.65. The number of aryl methyl sites for hydroxylation is 2. The maximum absolute atomic E-state index is 12.3. The van der Waals surface area contributed by atoms with Crippen LogP contribution in [0.4, 0.5) is 0 Å². The first-order valence-corrected chi connectivity index (χ1v) is 9.70. The molecule has 5 nitrogen and oxygen atoms in total. The molecule has 3 unspecified atom stereocenters. The van der Waals surface area contributed by atoms with E-state index in [2.05, 4.69) is 0 Å². The maximum atomic E-state index is 12.3. The Kier molecular flexibility index (Phi) is 7.60. The molecular formula is C22H30O5. The number of carbonyl (C=O) groups is 2. The monoisotopic (exact) mass is 374 g/mol. The van der Waals surface area contributed by atoms with E-state index in [0.29, 0.717) is 6.42 Å². The van der Waals surface area contributed by atoms with Gasteiger partial charge in [0.15, 0.2) is 0 Å². The fourth-order valence-corrected chi connectivity index (χ4v) is 4.01. The lowest BCUT2D eigenvalue weighted by Gasteiger charge is -2.18. The van der Waals surface area contributed by atoms with Crippen molar-refractivity contribution in [3.63, 3.8) is 0 Å². The topological polar surface area (TPSA) is 94.8 Å². The Balaban J connectivity index is 1.97. The van der Waals surface area contributed by atoms with Gasteiger partial charge in [0.25, 0.3) is 0 Å². The molecule has 0 aliphatic heterocycles. The van der Waals surface area contributed by atoms with Gasteiger partial charge in [0.2, 0.25) is 0 Å². The van der Waals surface area contributed by atoms with E-state index in [0.717, 1.165) is 42.4 Å². The van der Waals surface area contributed by atoms with Crippen molar-refractivity contribution in [1.29, 1.82) is 0 Å². The summed E-state index contributed by atoms with van der Waals surface area (Å²) in [4.78, 5) is 22.8. The standard InChI is InChI=1S/C22H30O5/c1-14-11-16(23)12-15(2)17(14)9-10-19-18(20(24)13-21(19)25)7-5-3-4-6-8-22(26)27/h9-12,18-19,21,23,25H,3-8,13H2,1-2H3,(H,26,27). The van der Waals surface area contributed by atoms with Gasteiger partial charge in [-0.15, -0.1) is 0 Å². The molecule has 2 rings (SSSR count). The fourth-order valence-electron chi connectivity index (χ4n) is 4.01. The summed E-state index contributed by atoms with van der Waals surface area (Å²) in [7, 11) is 0. The van der Waals surface area contributed by atoms with E-state index < -0.39 is 12.1 Å². The van der Waals surface area contributed by atoms with E-state index >= 15 is 0 Å². The number of carbonyl (C=O) groups excluding carboxylic acids is 1. The number of aliphatic carboxylic acids is 1. The highest BCUT2D eigenvalue weighted by molar-refractivity contribution is 5.85. The molecule has 27 heavy (non-hydrogen) atoms. The van der Waals surface area contributed by atoms with Crippen LogP contribution in [0.15, 0.2) is 18.2 Å². The summed E-state index contributed by atoms with van der Waals surface area (Å²) in [5.41, 5.74) is 2.92. The molecule has 0 heterocycles. The van der Waals surface area contributed by atoms with Gasteiger partial charge >= 0.3 is 5.97 Å². The van der Waals surface area contributed by atoms with Crippen LogP contribution in [0.1, 0.15) is 61.6 Å². The van der Waals surface area contributed by atoms with Crippen LogP contribution in [0.3, 0.4) is 0 Å². The van der Waals surface area contributed by atoms with Crippen LogP contribution in [-0.4, -0.2) is 33.2 Å². The van der Waals surface area contributed by atoms with Crippen molar-refractivity contribution in [2.45, 2.75) is 64.9 Å². The predicted octanol–water partition coefficient (Wildman–Crippen LogP) is 4.01.